The second kappa shape index (κ2) is 10.0. The molecular weight excluding hydrogens is 531 g/mol. The van der Waals surface area contributed by atoms with E-state index in [0.29, 0.717) is 5.71 Å². The summed E-state index contributed by atoms with van der Waals surface area (Å²) in [5.41, 5.74) is 12.1. The average Bonchev–Trinajstić information content (AvgIpc) is 3.33. The largest absolute Gasteiger partial charge is 0.438 e. The highest BCUT2D eigenvalue weighted by Crippen LogP contribution is 2.43. The van der Waals surface area contributed by atoms with E-state index < -0.39 is 8.07 Å². The normalized spacial score (nSPS) is 18.6. The molecular formula is C37H38N3OSi+. The minimum Gasteiger partial charge on any atom is -0.438 e. The van der Waals surface area contributed by atoms with E-state index in [9.17, 15) is 0 Å². The van der Waals surface area contributed by atoms with Gasteiger partial charge in [-0.1, -0.05) is 56.0 Å². The average molecular weight is 569 g/mol. The summed E-state index contributed by atoms with van der Waals surface area (Å²) in [6.07, 6.45) is 8.70. The lowest BCUT2D eigenvalue weighted by Crippen LogP contribution is -2.42. The molecule has 3 aromatic heterocycles. The van der Waals surface area contributed by atoms with Crippen LogP contribution in [0.15, 0.2) is 95.0 Å². The summed E-state index contributed by atoms with van der Waals surface area (Å²) in [6.45, 7) is 16.2. The van der Waals surface area contributed by atoms with E-state index in [0.717, 1.165) is 58.0 Å². The first-order valence-corrected chi connectivity index (χ1v) is 18.8. The zero-order valence-corrected chi connectivity index (χ0v) is 26.2. The Bertz CT molecular complexity index is 1960. The lowest BCUT2D eigenvalue weighted by atomic mass is 9.79. The van der Waals surface area contributed by atoms with E-state index in [1.165, 1.54) is 27.8 Å². The van der Waals surface area contributed by atoms with Gasteiger partial charge in [0, 0.05) is 48.2 Å². The second-order valence-electron chi connectivity index (χ2n) is 13.2. The number of aliphatic imine (C=N–C) groups is 1. The highest BCUT2D eigenvalue weighted by atomic mass is 28.3. The van der Waals surface area contributed by atoms with Gasteiger partial charge in [0.2, 0.25) is 17.1 Å². The molecule has 5 heteroatoms. The SMILES string of the molecule is C=C1C2N=C(/C=C\C[Si](C)(C)C)c3ccccc3C2CCc2ccc3oc4nc(C)ccc4c3c2-c2cc(C)cc[n+]21. The van der Waals surface area contributed by atoms with E-state index >= 15 is 0 Å². The van der Waals surface area contributed by atoms with Gasteiger partial charge in [-0.3, -0.25) is 4.99 Å². The molecule has 210 valence electrons. The maximum absolute atomic E-state index is 6.32. The zero-order valence-electron chi connectivity index (χ0n) is 25.2. The fourth-order valence-corrected chi connectivity index (χ4v) is 7.52. The van der Waals surface area contributed by atoms with E-state index in [-0.39, 0.29) is 12.0 Å². The number of pyridine rings is 2. The van der Waals surface area contributed by atoms with Crippen molar-refractivity contribution in [2.45, 2.75) is 64.3 Å². The highest BCUT2D eigenvalue weighted by molar-refractivity contribution is 6.76. The van der Waals surface area contributed by atoms with Crippen LogP contribution in [0.2, 0.25) is 25.7 Å². The van der Waals surface area contributed by atoms with Crippen LogP contribution in [0.3, 0.4) is 0 Å². The molecule has 2 atom stereocenters. The van der Waals surface area contributed by atoms with Crippen molar-refractivity contribution in [1.29, 1.82) is 0 Å². The standard InChI is InChI=1S/C37H38N3OSi/c1-23-19-20-40-25(3)36-29(27-10-7-8-11-28(27)31(39-36)12-9-21-42(4,5)6)17-14-26-15-18-33-35(34(26)32(40)22-23)30-16-13-24(2)38-37(30)41-33/h7-13,15-16,18-20,22,29,36H,3,14,17,21H2,1-2,4-6H3/q+1/b12-9-. The number of allylic oxidation sites excluding steroid dienone is 2. The lowest BCUT2D eigenvalue weighted by Gasteiger charge is -2.30. The number of rotatable bonds is 3. The van der Waals surface area contributed by atoms with Crippen LogP contribution in [0.4, 0.5) is 0 Å². The van der Waals surface area contributed by atoms with Gasteiger partial charge in [-0.05, 0) is 80.3 Å². The van der Waals surface area contributed by atoms with Crippen LogP contribution in [-0.2, 0) is 6.42 Å². The maximum Gasteiger partial charge on any atom is 0.227 e. The van der Waals surface area contributed by atoms with Crippen LogP contribution in [-0.4, -0.2) is 24.8 Å². The Morgan fingerprint density at radius 2 is 1.88 bits per heavy atom. The first-order chi connectivity index (χ1) is 20.2. The molecule has 5 heterocycles. The number of furan rings is 1. The van der Waals surface area contributed by atoms with Crippen LogP contribution in [0.25, 0.3) is 39.0 Å². The number of nitrogens with zero attached hydrogens (tertiary/aromatic N) is 3. The number of hydrogen-bond donors (Lipinski definition) is 0. The summed E-state index contributed by atoms with van der Waals surface area (Å²) >= 11 is 0. The van der Waals surface area contributed by atoms with Gasteiger partial charge < -0.3 is 4.42 Å². The van der Waals surface area contributed by atoms with Crippen molar-refractivity contribution in [2.24, 2.45) is 4.99 Å². The van der Waals surface area contributed by atoms with Gasteiger partial charge in [-0.25, -0.2) is 4.98 Å². The first-order valence-electron chi connectivity index (χ1n) is 15.1. The molecule has 0 N–H and O–H groups in total. The molecule has 0 bridgehead atoms. The van der Waals surface area contributed by atoms with E-state index in [1.807, 2.05) is 6.92 Å². The fraction of sp³-hybridized carbons (Fsp3) is 0.270. The van der Waals surface area contributed by atoms with Gasteiger partial charge in [-0.2, -0.15) is 4.57 Å². The maximum atomic E-state index is 6.32. The molecule has 7 rings (SSSR count). The molecule has 0 amide bonds. The molecule has 0 spiro atoms. The molecule has 0 fully saturated rings. The van der Waals surface area contributed by atoms with Gasteiger partial charge >= 0.3 is 0 Å². The quantitative estimate of drug-likeness (QED) is 0.161. The van der Waals surface area contributed by atoms with Crippen LogP contribution in [0.1, 0.15) is 40.3 Å². The Morgan fingerprint density at radius 3 is 2.71 bits per heavy atom. The number of aryl methyl sites for hydroxylation is 3. The Labute approximate surface area is 249 Å². The zero-order chi connectivity index (χ0) is 29.2. The molecule has 0 aliphatic carbocycles. The molecule has 0 saturated heterocycles. The Balaban J connectivity index is 1.46. The third-order valence-corrected chi connectivity index (χ3v) is 10.2. The third-order valence-electron chi connectivity index (χ3n) is 8.77. The Hall–Kier alpha value is -4.09. The smallest absolute Gasteiger partial charge is 0.227 e. The monoisotopic (exact) mass is 568 g/mol. The molecule has 2 aliphatic rings. The van der Waals surface area contributed by atoms with E-state index in [1.54, 1.807) is 0 Å². The molecule has 5 aromatic rings. The van der Waals surface area contributed by atoms with Crippen molar-refractivity contribution >= 4 is 41.6 Å². The van der Waals surface area contributed by atoms with Gasteiger partial charge in [0.05, 0.1) is 11.3 Å². The fourth-order valence-electron chi connectivity index (χ4n) is 6.70. The summed E-state index contributed by atoms with van der Waals surface area (Å²) in [4.78, 5) is 10.2. The number of benzene rings is 2. The van der Waals surface area contributed by atoms with E-state index in [2.05, 4.69) is 110 Å². The Morgan fingerprint density at radius 1 is 1.05 bits per heavy atom. The van der Waals surface area contributed by atoms with E-state index in [4.69, 9.17) is 21.0 Å². The van der Waals surface area contributed by atoms with Crippen LogP contribution >= 0.6 is 0 Å². The van der Waals surface area contributed by atoms with Gasteiger partial charge in [-0.15, -0.1) is 0 Å². The van der Waals surface area contributed by atoms with Crippen LogP contribution in [0.5, 0.6) is 0 Å². The minimum atomic E-state index is -1.21. The van der Waals surface area contributed by atoms with Crippen molar-refractivity contribution in [3.05, 3.63) is 114 Å². The number of fused-ring (bicyclic) bond motifs is 10. The van der Waals surface area contributed by atoms with Crippen LogP contribution in [0, 0.1) is 13.8 Å². The Kier molecular flexibility index (Phi) is 6.39. The van der Waals surface area contributed by atoms with Crippen molar-refractivity contribution in [3.8, 4) is 11.3 Å². The topological polar surface area (TPSA) is 42.3 Å². The summed E-state index contributed by atoms with van der Waals surface area (Å²) in [6, 6.07) is 23.0. The summed E-state index contributed by atoms with van der Waals surface area (Å²) in [7, 11) is -1.21. The third kappa shape index (κ3) is 4.56. The minimum absolute atomic E-state index is 0.0619. The van der Waals surface area contributed by atoms with Gasteiger partial charge in [0.25, 0.3) is 0 Å². The lowest BCUT2D eigenvalue weighted by molar-refractivity contribution is -0.572. The first kappa shape index (κ1) is 26.8. The van der Waals surface area contributed by atoms with Gasteiger partial charge in [0.1, 0.15) is 11.6 Å². The molecule has 2 aromatic carbocycles. The highest BCUT2D eigenvalue weighted by Gasteiger charge is 2.39. The van der Waals surface area contributed by atoms with Crippen molar-refractivity contribution < 1.29 is 8.98 Å². The molecule has 2 aliphatic heterocycles. The van der Waals surface area contributed by atoms with Crippen molar-refractivity contribution in [1.82, 2.24) is 4.98 Å². The van der Waals surface area contributed by atoms with Gasteiger partial charge in [0.15, 0.2) is 6.20 Å². The summed E-state index contributed by atoms with van der Waals surface area (Å²) in [5, 5.41) is 2.19. The molecule has 4 nitrogen and oxygen atoms in total. The summed E-state index contributed by atoms with van der Waals surface area (Å²) < 4.78 is 8.61. The molecule has 0 saturated carbocycles. The molecule has 42 heavy (non-hydrogen) atoms. The predicted octanol–water partition coefficient (Wildman–Crippen LogP) is 8.82. The summed E-state index contributed by atoms with van der Waals surface area (Å²) in [5.74, 6) is 0.233. The number of hydrogen-bond acceptors (Lipinski definition) is 3. The molecule has 0 radical (unpaired) electrons. The van der Waals surface area contributed by atoms with Crippen molar-refractivity contribution in [2.75, 3.05) is 0 Å². The van der Waals surface area contributed by atoms with Crippen molar-refractivity contribution in [3.63, 3.8) is 0 Å². The van der Waals surface area contributed by atoms with Crippen LogP contribution < -0.4 is 4.57 Å². The predicted molar refractivity (Wildman–Crippen MR) is 177 cm³/mol. The second-order valence-corrected chi connectivity index (χ2v) is 18.7. The molecule has 2 unspecified atom stereocenters. The number of aromatic nitrogens is 2.